The molecule has 142 valence electrons. The summed E-state index contributed by atoms with van der Waals surface area (Å²) < 4.78 is 0. The maximum absolute atomic E-state index is 12.5. The Morgan fingerprint density at radius 1 is 1.15 bits per heavy atom. The molecule has 6 nitrogen and oxygen atoms in total. The number of benzene rings is 2. The highest BCUT2D eigenvalue weighted by Gasteiger charge is 2.22. The van der Waals surface area contributed by atoms with Gasteiger partial charge in [-0.15, -0.1) is 11.8 Å². The Morgan fingerprint density at radius 2 is 1.81 bits per heavy atom. The van der Waals surface area contributed by atoms with E-state index in [1.54, 1.807) is 12.1 Å². The zero-order valence-electron chi connectivity index (χ0n) is 14.9. The Balaban J connectivity index is 1.51. The third-order valence-electron chi connectivity index (χ3n) is 4.55. The number of nitro benzene ring substituents is 1. The maximum Gasteiger partial charge on any atom is 0.269 e. The van der Waals surface area contributed by atoms with E-state index in [1.807, 2.05) is 23.1 Å². The number of non-ortho nitro benzene ring substituents is 1. The average molecular weight is 406 g/mol. The number of nitro groups is 1. The second kappa shape index (κ2) is 8.63. The number of thioether (sulfide) groups is 1. The molecule has 2 aromatic carbocycles. The van der Waals surface area contributed by atoms with Crippen LogP contribution in [-0.2, 0) is 4.79 Å². The van der Waals surface area contributed by atoms with Crippen molar-refractivity contribution in [3.63, 3.8) is 0 Å². The predicted octanol–water partition coefficient (Wildman–Crippen LogP) is 4.00. The first-order valence-electron chi connectivity index (χ1n) is 8.60. The molecule has 27 heavy (non-hydrogen) atoms. The van der Waals surface area contributed by atoms with Gasteiger partial charge in [-0.2, -0.15) is 0 Å². The van der Waals surface area contributed by atoms with Crippen molar-refractivity contribution in [3.8, 4) is 0 Å². The molecule has 0 bridgehead atoms. The second-order valence-electron chi connectivity index (χ2n) is 6.34. The van der Waals surface area contributed by atoms with Crippen molar-refractivity contribution in [1.29, 1.82) is 0 Å². The third-order valence-corrected chi connectivity index (χ3v) is 5.79. The quantitative estimate of drug-likeness (QED) is 0.427. The lowest BCUT2D eigenvalue weighted by molar-refractivity contribution is -0.384. The minimum Gasteiger partial charge on any atom is -0.368 e. The number of nitrogens with zero attached hydrogens (tertiary/aromatic N) is 3. The van der Waals surface area contributed by atoms with Gasteiger partial charge in [-0.3, -0.25) is 14.9 Å². The van der Waals surface area contributed by atoms with E-state index in [9.17, 15) is 14.9 Å². The lowest BCUT2D eigenvalue weighted by Crippen LogP contribution is -2.49. The Morgan fingerprint density at radius 3 is 2.44 bits per heavy atom. The first kappa shape index (κ1) is 19.5. The van der Waals surface area contributed by atoms with E-state index in [4.69, 9.17) is 11.6 Å². The number of hydrogen-bond donors (Lipinski definition) is 0. The lowest BCUT2D eigenvalue weighted by Gasteiger charge is -2.37. The number of carbonyl (C=O) groups excluding carboxylic acids is 1. The summed E-state index contributed by atoms with van der Waals surface area (Å²) in [5.74, 6) is 0.411. The molecule has 0 atom stereocenters. The molecule has 1 fully saturated rings. The number of piperazine rings is 1. The lowest BCUT2D eigenvalue weighted by atomic mass is 10.1. The van der Waals surface area contributed by atoms with Crippen LogP contribution in [0.5, 0.6) is 0 Å². The fourth-order valence-corrected chi connectivity index (χ4v) is 3.99. The summed E-state index contributed by atoms with van der Waals surface area (Å²) in [6.45, 7) is 4.95. The summed E-state index contributed by atoms with van der Waals surface area (Å²) in [5.41, 5.74) is 2.35. The SMILES string of the molecule is Cc1ccc(Cl)cc1N1CCN(C(=O)CSc2ccc([N+](=O)[O-])cc2)CC1. The van der Waals surface area contributed by atoms with E-state index in [2.05, 4.69) is 11.8 Å². The number of amides is 1. The van der Waals surface area contributed by atoms with Gasteiger partial charge >= 0.3 is 0 Å². The van der Waals surface area contributed by atoms with Gasteiger partial charge in [0, 0.05) is 53.9 Å². The average Bonchev–Trinajstić information content (AvgIpc) is 2.68. The monoisotopic (exact) mass is 405 g/mol. The number of carbonyl (C=O) groups is 1. The zero-order valence-corrected chi connectivity index (χ0v) is 16.5. The highest BCUT2D eigenvalue weighted by atomic mass is 35.5. The molecular formula is C19H20ClN3O3S. The predicted molar refractivity (Wildman–Crippen MR) is 109 cm³/mol. The van der Waals surface area contributed by atoms with Gasteiger partial charge in [-0.25, -0.2) is 0 Å². The van der Waals surface area contributed by atoms with Crippen molar-refractivity contribution in [3.05, 3.63) is 63.2 Å². The summed E-state index contributed by atoms with van der Waals surface area (Å²) in [4.78, 5) is 27.7. The van der Waals surface area contributed by atoms with Gasteiger partial charge < -0.3 is 9.80 Å². The van der Waals surface area contributed by atoms with Crippen LogP contribution in [0.1, 0.15) is 5.56 Å². The van der Waals surface area contributed by atoms with Crippen molar-refractivity contribution in [2.45, 2.75) is 11.8 Å². The summed E-state index contributed by atoms with van der Waals surface area (Å²) in [6.07, 6.45) is 0. The van der Waals surface area contributed by atoms with Crippen LogP contribution in [0.4, 0.5) is 11.4 Å². The highest BCUT2D eigenvalue weighted by Crippen LogP contribution is 2.26. The molecule has 0 unspecified atom stereocenters. The maximum atomic E-state index is 12.5. The molecule has 0 saturated carbocycles. The van der Waals surface area contributed by atoms with Gasteiger partial charge in [0.2, 0.25) is 5.91 Å². The zero-order chi connectivity index (χ0) is 19.4. The van der Waals surface area contributed by atoms with Gasteiger partial charge in [0.15, 0.2) is 0 Å². The van der Waals surface area contributed by atoms with Crippen LogP contribution in [0.2, 0.25) is 5.02 Å². The smallest absolute Gasteiger partial charge is 0.269 e. The number of anilines is 1. The molecular weight excluding hydrogens is 386 g/mol. The minimum absolute atomic E-state index is 0.0538. The largest absolute Gasteiger partial charge is 0.368 e. The molecule has 1 saturated heterocycles. The molecule has 3 rings (SSSR count). The van der Waals surface area contributed by atoms with Crippen molar-refractivity contribution >= 4 is 40.6 Å². The van der Waals surface area contributed by atoms with Crippen molar-refractivity contribution in [1.82, 2.24) is 4.90 Å². The van der Waals surface area contributed by atoms with Crippen LogP contribution < -0.4 is 4.90 Å². The fourth-order valence-electron chi connectivity index (χ4n) is 3.02. The molecule has 0 aromatic heterocycles. The van der Waals surface area contributed by atoms with Crippen LogP contribution in [0.25, 0.3) is 0 Å². The summed E-state index contributed by atoms with van der Waals surface area (Å²) in [6, 6.07) is 12.1. The van der Waals surface area contributed by atoms with Gasteiger partial charge in [0.25, 0.3) is 5.69 Å². The number of rotatable bonds is 5. The topological polar surface area (TPSA) is 66.7 Å². The van der Waals surface area contributed by atoms with Gasteiger partial charge in [-0.05, 0) is 36.8 Å². The van der Waals surface area contributed by atoms with Crippen LogP contribution >= 0.6 is 23.4 Å². The van der Waals surface area contributed by atoms with E-state index < -0.39 is 4.92 Å². The third kappa shape index (κ3) is 4.93. The molecule has 1 amide bonds. The molecule has 1 aliphatic heterocycles. The van der Waals surface area contributed by atoms with Gasteiger partial charge in [0.1, 0.15) is 0 Å². The summed E-state index contributed by atoms with van der Waals surface area (Å²) >= 11 is 7.51. The summed E-state index contributed by atoms with van der Waals surface area (Å²) in [5, 5.41) is 11.4. The molecule has 2 aromatic rings. The summed E-state index contributed by atoms with van der Waals surface area (Å²) in [7, 11) is 0. The molecule has 0 radical (unpaired) electrons. The Labute approximate surface area is 167 Å². The van der Waals surface area contributed by atoms with E-state index in [-0.39, 0.29) is 11.6 Å². The number of aryl methyl sites for hydroxylation is 1. The molecule has 0 N–H and O–H groups in total. The first-order chi connectivity index (χ1) is 12.9. The van der Waals surface area contributed by atoms with E-state index in [1.165, 1.54) is 29.5 Å². The van der Waals surface area contributed by atoms with Crippen molar-refractivity contribution in [2.75, 3.05) is 36.8 Å². The standard InChI is InChI=1S/C19H20ClN3O3S/c1-14-2-3-15(20)12-18(14)21-8-10-22(11-9-21)19(24)13-27-17-6-4-16(5-7-17)23(25)26/h2-7,12H,8-11,13H2,1H3. The molecule has 0 spiro atoms. The highest BCUT2D eigenvalue weighted by molar-refractivity contribution is 8.00. The number of halogens is 1. The van der Waals surface area contributed by atoms with Crippen molar-refractivity contribution < 1.29 is 9.72 Å². The van der Waals surface area contributed by atoms with Gasteiger partial charge in [0.05, 0.1) is 10.7 Å². The van der Waals surface area contributed by atoms with Crippen LogP contribution in [-0.4, -0.2) is 47.7 Å². The van der Waals surface area contributed by atoms with Crippen LogP contribution in [0, 0.1) is 17.0 Å². The van der Waals surface area contributed by atoms with E-state index in [0.717, 1.165) is 23.7 Å². The second-order valence-corrected chi connectivity index (χ2v) is 7.82. The minimum atomic E-state index is -0.430. The van der Waals surface area contributed by atoms with Crippen LogP contribution in [0.15, 0.2) is 47.4 Å². The van der Waals surface area contributed by atoms with Gasteiger partial charge in [-0.1, -0.05) is 17.7 Å². The molecule has 1 heterocycles. The Hall–Kier alpha value is -2.25. The fraction of sp³-hybridized carbons (Fsp3) is 0.316. The molecule has 1 aliphatic rings. The Kier molecular flexibility index (Phi) is 6.23. The molecule has 8 heteroatoms. The Bertz CT molecular complexity index is 837. The van der Waals surface area contributed by atoms with E-state index >= 15 is 0 Å². The van der Waals surface area contributed by atoms with E-state index in [0.29, 0.717) is 23.9 Å². The molecule has 0 aliphatic carbocycles. The van der Waals surface area contributed by atoms with Crippen molar-refractivity contribution in [2.24, 2.45) is 0 Å². The van der Waals surface area contributed by atoms with Crippen LogP contribution in [0.3, 0.4) is 0 Å². The first-order valence-corrected chi connectivity index (χ1v) is 9.96. The normalized spacial score (nSPS) is 14.3. The number of hydrogen-bond acceptors (Lipinski definition) is 5.